The zero-order valence-corrected chi connectivity index (χ0v) is 19.0. The van der Waals surface area contributed by atoms with Crippen molar-refractivity contribution in [3.63, 3.8) is 0 Å². The molecule has 0 unspecified atom stereocenters. The van der Waals surface area contributed by atoms with E-state index in [1.807, 2.05) is 11.0 Å². The summed E-state index contributed by atoms with van der Waals surface area (Å²) in [4.78, 5) is 35.5. The molecule has 1 aliphatic heterocycles. The molecule has 2 aromatic rings. The molecule has 0 radical (unpaired) electrons. The number of hydrogen-bond acceptors (Lipinski definition) is 6. The summed E-state index contributed by atoms with van der Waals surface area (Å²) in [5.74, 6) is 2.05. The summed E-state index contributed by atoms with van der Waals surface area (Å²) in [7, 11) is 0. The van der Waals surface area contributed by atoms with E-state index >= 15 is 0 Å². The van der Waals surface area contributed by atoms with Crippen molar-refractivity contribution in [2.75, 3.05) is 17.2 Å². The lowest BCUT2D eigenvalue weighted by molar-refractivity contribution is -0.145. The van der Waals surface area contributed by atoms with E-state index in [-0.39, 0.29) is 11.1 Å². The normalized spacial score (nSPS) is 29.5. The Morgan fingerprint density at radius 1 is 1.03 bits per heavy atom. The molecule has 5 N–H and O–H groups in total. The number of carboxylic acids is 1. The molecule has 0 atom stereocenters. The van der Waals surface area contributed by atoms with E-state index in [1.165, 1.54) is 44.1 Å². The summed E-state index contributed by atoms with van der Waals surface area (Å²) in [5, 5.41) is 8.97. The SMILES string of the molecule is NCc1ccc2c(c1)CN(c1c(N)c(=O)c1=O)CC2.O=C(O)CC12CC3CC(CC(C3)C1)C2. The summed E-state index contributed by atoms with van der Waals surface area (Å²) >= 11 is 0. The highest BCUT2D eigenvalue weighted by molar-refractivity contribution is 5.73. The molecule has 33 heavy (non-hydrogen) atoms. The summed E-state index contributed by atoms with van der Waals surface area (Å²) in [6, 6.07) is 6.17. The second-order valence-electron chi connectivity index (χ2n) is 10.9. The second kappa shape index (κ2) is 8.28. The van der Waals surface area contributed by atoms with Crippen molar-refractivity contribution < 1.29 is 9.90 Å². The van der Waals surface area contributed by atoms with Crippen LogP contribution in [0.3, 0.4) is 0 Å². The Hall–Kier alpha value is -2.67. The summed E-state index contributed by atoms with van der Waals surface area (Å²) in [6.45, 7) is 1.82. The number of aliphatic carboxylic acids is 1. The number of nitrogens with zero attached hydrogens (tertiary/aromatic N) is 1. The third-order valence-corrected chi connectivity index (χ3v) is 8.45. The number of anilines is 2. The number of fused-ring (bicyclic) bond motifs is 1. The maximum absolute atomic E-state index is 11.6. The number of hydrogen-bond donors (Lipinski definition) is 3. The first-order valence-electron chi connectivity index (χ1n) is 12.1. The van der Waals surface area contributed by atoms with Crippen LogP contribution < -0.4 is 27.2 Å². The maximum Gasteiger partial charge on any atom is 0.303 e. The van der Waals surface area contributed by atoms with Gasteiger partial charge in [-0.25, -0.2) is 0 Å². The molecular weight excluding hydrogens is 418 g/mol. The van der Waals surface area contributed by atoms with Crippen molar-refractivity contribution in [1.29, 1.82) is 0 Å². The van der Waals surface area contributed by atoms with E-state index in [0.717, 1.165) is 35.3 Å². The van der Waals surface area contributed by atoms with Crippen molar-refractivity contribution in [2.45, 2.75) is 64.5 Å². The predicted octanol–water partition coefficient (Wildman–Crippen LogP) is 2.56. The van der Waals surface area contributed by atoms with E-state index < -0.39 is 16.8 Å². The highest BCUT2D eigenvalue weighted by atomic mass is 16.4. The van der Waals surface area contributed by atoms with Gasteiger partial charge in [0.15, 0.2) is 0 Å². The molecule has 7 rings (SSSR count). The van der Waals surface area contributed by atoms with E-state index in [9.17, 15) is 14.4 Å². The number of nitrogen functional groups attached to an aromatic ring is 1. The molecule has 0 amide bonds. The molecule has 4 saturated carbocycles. The van der Waals surface area contributed by atoms with Gasteiger partial charge in [0.25, 0.3) is 10.9 Å². The fourth-order valence-corrected chi connectivity index (χ4v) is 7.47. The molecule has 7 nitrogen and oxygen atoms in total. The molecule has 0 spiro atoms. The van der Waals surface area contributed by atoms with Crippen LogP contribution in [0, 0.1) is 23.2 Å². The van der Waals surface area contributed by atoms with Crippen LogP contribution in [0.5, 0.6) is 0 Å². The van der Waals surface area contributed by atoms with Gasteiger partial charge in [0, 0.05) is 19.6 Å². The molecule has 0 aromatic heterocycles. The third-order valence-electron chi connectivity index (χ3n) is 8.45. The van der Waals surface area contributed by atoms with Crippen molar-refractivity contribution >= 4 is 17.3 Å². The number of benzene rings is 1. The van der Waals surface area contributed by atoms with Gasteiger partial charge in [-0.3, -0.25) is 14.4 Å². The zero-order valence-electron chi connectivity index (χ0n) is 19.0. The molecule has 7 heteroatoms. The lowest BCUT2D eigenvalue weighted by atomic mass is 9.49. The largest absolute Gasteiger partial charge is 0.481 e. The van der Waals surface area contributed by atoms with Crippen LogP contribution in [0.1, 0.15) is 61.6 Å². The van der Waals surface area contributed by atoms with Crippen LogP contribution >= 0.6 is 0 Å². The van der Waals surface area contributed by atoms with Crippen LogP contribution in [-0.4, -0.2) is 17.6 Å². The van der Waals surface area contributed by atoms with Gasteiger partial charge in [-0.2, -0.15) is 0 Å². The fourth-order valence-electron chi connectivity index (χ4n) is 7.47. The minimum absolute atomic E-state index is 0.100. The van der Waals surface area contributed by atoms with Crippen molar-refractivity contribution in [3.8, 4) is 0 Å². The predicted molar refractivity (Wildman–Crippen MR) is 128 cm³/mol. The average molecular weight is 452 g/mol. The summed E-state index contributed by atoms with van der Waals surface area (Å²) in [5.41, 5.74) is 14.4. The lowest BCUT2D eigenvalue weighted by Crippen LogP contribution is -2.46. The van der Waals surface area contributed by atoms with Crippen molar-refractivity contribution in [1.82, 2.24) is 0 Å². The molecule has 4 aliphatic carbocycles. The van der Waals surface area contributed by atoms with Gasteiger partial charge in [0.05, 0.1) is 6.42 Å². The third kappa shape index (κ3) is 4.07. The quantitative estimate of drug-likeness (QED) is 0.610. The van der Waals surface area contributed by atoms with Gasteiger partial charge in [-0.1, -0.05) is 18.2 Å². The molecule has 176 valence electrons. The Labute approximate surface area is 193 Å². The van der Waals surface area contributed by atoms with E-state index in [1.54, 1.807) is 0 Å². The average Bonchev–Trinajstić information content (AvgIpc) is 2.77. The standard InChI is InChI=1S/C14H15N3O2.C12H18O2/c15-6-8-1-2-9-3-4-17(7-10(9)5-8)12-11(16)13(18)14(12)19;13-11(14)7-12-4-8-1-9(5-12)3-10(2-8)6-12/h1-2,5H,3-4,6-7,15-16H2;8-10H,1-7H2,(H,13,14). The Bertz CT molecular complexity index is 1110. The highest BCUT2D eigenvalue weighted by Gasteiger charge is 2.51. The number of rotatable bonds is 4. The van der Waals surface area contributed by atoms with Crippen LogP contribution in [0.4, 0.5) is 11.4 Å². The summed E-state index contributed by atoms with van der Waals surface area (Å²) < 4.78 is 0. The first kappa shape index (κ1) is 22.1. The minimum Gasteiger partial charge on any atom is -0.481 e. The molecule has 4 fully saturated rings. The molecule has 2 aromatic carbocycles. The topological polar surface area (TPSA) is 127 Å². The molecule has 4 bridgehead atoms. The van der Waals surface area contributed by atoms with Crippen molar-refractivity contribution in [2.24, 2.45) is 28.9 Å². The van der Waals surface area contributed by atoms with Gasteiger partial charge in [0.1, 0.15) is 11.4 Å². The Morgan fingerprint density at radius 2 is 1.67 bits per heavy atom. The number of carboxylic acid groups (broad SMARTS) is 1. The smallest absolute Gasteiger partial charge is 0.303 e. The van der Waals surface area contributed by atoms with Crippen LogP contribution in [0.2, 0.25) is 0 Å². The lowest BCUT2D eigenvalue weighted by Gasteiger charge is -2.56. The Morgan fingerprint density at radius 3 is 2.21 bits per heavy atom. The fraction of sp³-hybridized carbons (Fsp3) is 0.577. The molecular formula is C26H33N3O4. The zero-order chi connectivity index (χ0) is 23.3. The van der Waals surface area contributed by atoms with Gasteiger partial charge in [-0.05, 0) is 84.8 Å². The molecule has 0 saturated heterocycles. The van der Waals surface area contributed by atoms with Crippen molar-refractivity contribution in [3.05, 3.63) is 55.3 Å². The highest BCUT2D eigenvalue weighted by Crippen LogP contribution is 2.61. The van der Waals surface area contributed by atoms with E-state index in [4.69, 9.17) is 16.6 Å². The minimum atomic E-state index is -0.577. The van der Waals surface area contributed by atoms with E-state index in [0.29, 0.717) is 31.7 Å². The van der Waals surface area contributed by atoms with Gasteiger partial charge in [-0.15, -0.1) is 0 Å². The number of carbonyl (C=O) groups is 1. The molecule has 1 heterocycles. The first-order chi connectivity index (χ1) is 15.8. The molecule has 5 aliphatic rings. The van der Waals surface area contributed by atoms with Gasteiger partial charge >= 0.3 is 5.97 Å². The summed E-state index contributed by atoms with van der Waals surface area (Å²) in [6.07, 6.45) is 9.13. The monoisotopic (exact) mass is 451 g/mol. The maximum atomic E-state index is 11.6. The van der Waals surface area contributed by atoms with Crippen LogP contribution in [0.15, 0.2) is 27.8 Å². The first-order valence-corrected chi connectivity index (χ1v) is 12.1. The van der Waals surface area contributed by atoms with E-state index in [2.05, 4.69) is 12.1 Å². The number of nitrogens with two attached hydrogens (primary N) is 2. The van der Waals surface area contributed by atoms with Crippen LogP contribution in [0.25, 0.3) is 0 Å². The van der Waals surface area contributed by atoms with Crippen LogP contribution in [-0.2, 0) is 24.3 Å². The van der Waals surface area contributed by atoms with Gasteiger partial charge in [0.2, 0.25) is 0 Å². The second-order valence-corrected chi connectivity index (χ2v) is 10.9. The Balaban J connectivity index is 0.000000144. The Kier molecular flexibility index (Phi) is 5.55. The van der Waals surface area contributed by atoms with Gasteiger partial charge < -0.3 is 21.5 Å².